The molecule has 0 saturated carbocycles. The van der Waals surface area contributed by atoms with Crippen LogP contribution in [-0.2, 0) is 0 Å². The molecule has 0 radical (unpaired) electrons. The van der Waals surface area contributed by atoms with Gasteiger partial charge in [-0.25, -0.2) is 0 Å². The molecular formula is C21H17N3S. The standard InChI is InChI=1S/C21H17N3S/c1-23-13-14(12-22)17-11-19(23)25-21-20(17)16-9-5-6-10-18(16)24(21)15-7-3-2-4-8-15/h2-10,13,17,19H,11H2,1H3. The lowest BCUT2D eigenvalue weighted by molar-refractivity contribution is 0.361. The van der Waals surface area contributed by atoms with Crippen LogP contribution < -0.4 is 0 Å². The first-order valence-corrected chi connectivity index (χ1v) is 9.35. The number of rotatable bonds is 1. The molecule has 3 nitrogen and oxygen atoms in total. The van der Waals surface area contributed by atoms with E-state index in [-0.39, 0.29) is 5.92 Å². The van der Waals surface area contributed by atoms with Gasteiger partial charge in [-0.2, -0.15) is 5.26 Å². The Bertz CT molecular complexity index is 1040. The number of benzene rings is 2. The second-order valence-electron chi connectivity index (χ2n) is 6.63. The van der Waals surface area contributed by atoms with Crippen LogP contribution in [0.25, 0.3) is 16.6 Å². The highest BCUT2D eigenvalue weighted by atomic mass is 32.2. The van der Waals surface area contributed by atoms with Gasteiger partial charge in [-0.05, 0) is 24.6 Å². The predicted octanol–water partition coefficient (Wildman–Crippen LogP) is 4.89. The molecule has 0 amide bonds. The van der Waals surface area contributed by atoms with Crippen LogP contribution in [0.15, 0.2) is 71.4 Å². The van der Waals surface area contributed by atoms with Gasteiger partial charge in [-0.1, -0.05) is 48.2 Å². The van der Waals surface area contributed by atoms with Gasteiger partial charge in [0.25, 0.3) is 0 Å². The second kappa shape index (κ2) is 5.44. The third-order valence-corrected chi connectivity index (χ3v) is 6.64. The molecule has 25 heavy (non-hydrogen) atoms. The number of fused-ring (bicyclic) bond motifs is 6. The first kappa shape index (κ1) is 14.7. The number of para-hydroxylation sites is 2. The van der Waals surface area contributed by atoms with Gasteiger partial charge in [-0.3, -0.25) is 0 Å². The average Bonchev–Trinajstić information content (AvgIpc) is 2.99. The Balaban J connectivity index is 1.86. The van der Waals surface area contributed by atoms with Gasteiger partial charge in [0.05, 0.1) is 27.6 Å². The number of nitriles is 1. The average molecular weight is 343 g/mol. The van der Waals surface area contributed by atoms with Gasteiger partial charge < -0.3 is 9.47 Å². The smallest absolute Gasteiger partial charge is 0.0968 e. The van der Waals surface area contributed by atoms with Crippen molar-refractivity contribution in [1.29, 1.82) is 5.26 Å². The summed E-state index contributed by atoms with van der Waals surface area (Å²) >= 11 is 1.91. The highest BCUT2D eigenvalue weighted by Crippen LogP contribution is 2.52. The molecule has 0 fully saturated rings. The van der Waals surface area contributed by atoms with E-state index in [0.29, 0.717) is 5.37 Å². The maximum absolute atomic E-state index is 9.68. The Hall–Kier alpha value is -2.64. The summed E-state index contributed by atoms with van der Waals surface area (Å²) in [4.78, 5) is 2.19. The fraction of sp³-hybridized carbons (Fsp3) is 0.190. The molecule has 2 bridgehead atoms. The lowest BCUT2D eigenvalue weighted by Crippen LogP contribution is -2.34. The number of allylic oxidation sites excluding steroid dienone is 1. The van der Waals surface area contributed by atoms with Crippen molar-refractivity contribution in [1.82, 2.24) is 9.47 Å². The molecule has 0 spiro atoms. The van der Waals surface area contributed by atoms with E-state index in [9.17, 15) is 5.26 Å². The first-order chi connectivity index (χ1) is 12.3. The van der Waals surface area contributed by atoms with Crippen LogP contribution in [-0.4, -0.2) is 21.9 Å². The minimum atomic E-state index is 0.192. The van der Waals surface area contributed by atoms with Crippen LogP contribution in [0.5, 0.6) is 0 Å². The highest BCUT2D eigenvalue weighted by molar-refractivity contribution is 8.00. The molecule has 3 aromatic rings. The lowest BCUT2D eigenvalue weighted by atomic mass is 9.86. The monoisotopic (exact) mass is 343 g/mol. The Labute approximate surface area is 151 Å². The Morgan fingerprint density at radius 1 is 1.08 bits per heavy atom. The molecule has 122 valence electrons. The Kier molecular flexibility index (Phi) is 3.19. The summed E-state index contributed by atoms with van der Waals surface area (Å²) in [5.74, 6) is 0.192. The summed E-state index contributed by atoms with van der Waals surface area (Å²) in [5, 5.41) is 12.6. The topological polar surface area (TPSA) is 32.0 Å². The van der Waals surface area contributed by atoms with E-state index in [1.54, 1.807) is 0 Å². The van der Waals surface area contributed by atoms with Crippen LogP contribution in [0.4, 0.5) is 0 Å². The zero-order valence-corrected chi connectivity index (χ0v) is 14.7. The maximum atomic E-state index is 9.68. The molecule has 0 aliphatic carbocycles. The predicted molar refractivity (Wildman–Crippen MR) is 102 cm³/mol. The van der Waals surface area contributed by atoms with Gasteiger partial charge in [0.15, 0.2) is 0 Å². The minimum Gasteiger partial charge on any atom is -0.367 e. The lowest BCUT2D eigenvalue weighted by Gasteiger charge is -2.39. The number of nitrogens with zero attached hydrogens (tertiary/aromatic N) is 3. The quantitative estimate of drug-likeness (QED) is 0.630. The summed E-state index contributed by atoms with van der Waals surface area (Å²) < 4.78 is 2.36. The van der Waals surface area contributed by atoms with Crippen molar-refractivity contribution in [2.75, 3.05) is 7.05 Å². The van der Waals surface area contributed by atoms with E-state index in [1.165, 1.54) is 27.2 Å². The van der Waals surface area contributed by atoms with Crippen molar-refractivity contribution < 1.29 is 0 Å². The molecule has 2 unspecified atom stereocenters. The van der Waals surface area contributed by atoms with Gasteiger partial charge >= 0.3 is 0 Å². The zero-order valence-electron chi connectivity index (χ0n) is 13.9. The van der Waals surface area contributed by atoms with E-state index >= 15 is 0 Å². The van der Waals surface area contributed by atoms with Crippen molar-refractivity contribution in [3.8, 4) is 11.8 Å². The van der Waals surface area contributed by atoms with Gasteiger partial charge in [0.1, 0.15) is 0 Å². The van der Waals surface area contributed by atoms with Crippen molar-refractivity contribution in [3.05, 3.63) is 71.9 Å². The fourth-order valence-corrected chi connectivity index (χ4v) is 5.52. The molecule has 2 aliphatic heterocycles. The number of hydrogen-bond acceptors (Lipinski definition) is 3. The number of aromatic nitrogens is 1. The highest BCUT2D eigenvalue weighted by Gasteiger charge is 2.39. The molecule has 2 aromatic carbocycles. The van der Waals surface area contributed by atoms with E-state index in [0.717, 1.165) is 12.0 Å². The van der Waals surface area contributed by atoms with E-state index in [1.807, 2.05) is 24.0 Å². The summed E-state index contributed by atoms with van der Waals surface area (Å²) in [6.07, 6.45) is 3.03. The molecule has 3 heterocycles. The first-order valence-electron chi connectivity index (χ1n) is 8.47. The summed E-state index contributed by atoms with van der Waals surface area (Å²) in [5.41, 5.74) is 4.59. The van der Waals surface area contributed by atoms with Crippen LogP contribution in [0.2, 0.25) is 0 Å². The molecule has 2 atom stereocenters. The summed E-state index contributed by atoms with van der Waals surface area (Å²) in [6.45, 7) is 0. The van der Waals surface area contributed by atoms with Crippen molar-refractivity contribution in [2.45, 2.75) is 22.7 Å². The van der Waals surface area contributed by atoms with E-state index in [2.05, 4.69) is 71.1 Å². The van der Waals surface area contributed by atoms with Crippen molar-refractivity contribution >= 4 is 22.7 Å². The third kappa shape index (κ3) is 2.06. The Morgan fingerprint density at radius 3 is 2.64 bits per heavy atom. The van der Waals surface area contributed by atoms with Crippen LogP contribution in [0, 0.1) is 11.3 Å². The molecule has 0 saturated heterocycles. The molecule has 2 aliphatic rings. The van der Waals surface area contributed by atoms with E-state index < -0.39 is 0 Å². The summed E-state index contributed by atoms with van der Waals surface area (Å²) in [7, 11) is 2.08. The molecule has 1 aromatic heterocycles. The molecule has 4 heteroatoms. The zero-order chi connectivity index (χ0) is 17.0. The van der Waals surface area contributed by atoms with E-state index in [4.69, 9.17) is 0 Å². The molecular weight excluding hydrogens is 326 g/mol. The van der Waals surface area contributed by atoms with Gasteiger partial charge in [-0.15, -0.1) is 0 Å². The second-order valence-corrected chi connectivity index (χ2v) is 7.80. The van der Waals surface area contributed by atoms with Crippen molar-refractivity contribution in [3.63, 3.8) is 0 Å². The summed E-state index contributed by atoms with van der Waals surface area (Å²) in [6, 6.07) is 21.5. The third-order valence-electron chi connectivity index (χ3n) is 5.22. The minimum absolute atomic E-state index is 0.192. The van der Waals surface area contributed by atoms with Crippen LogP contribution in [0.3, 0.4) is 0 Å². The largest absolute Gasteiger partial charge is 0.367 e. The molecule has 0 N–H and O–H groups in total. The van der Waals surface area contributed by atoms with Gasteiger partial charge in [0, 0.05) is 35.8 Å². The Morgan fingerprint density at radius 2 is 1.84 bits per heavy atom. The fourth-order valence-electron chi connectivity index (χ4n) is 4.06. The van der Waals surface area contributed by atoms with Crippen molar-refractivity contribution in [2.24, 2.45) is 0 Å². The number of thioether (sulfide) groups is 1. The van der Waals surface area contributed by atoms with Gasteiger partial charge in [0.2, 0.25) is 0 Å². The van der Waals surface area contributed by atoms with Crippen LogP contribution >= 0.6 is 11.8 Å². The maximum Gasteiger partial charge on any atom is 0.0968 e. The van der Waals surface area contributed by atoms with Crippen LogP contribution in [0.1, 0.15) is 17.9 Å². The SMILES string of the molecule is CN1C=C(C#N)C2CC1Sc1c2c2ccccc2n1-c1ccccc1. The molecule has 5 rings (SSSR count). The normalized spacial score (nSPS) is 21.6. The number of hydrogen-bond donors (Lipinski definition) is 0.